The molecular weight excluding hydrogens is 670 g/mol. The van der Waals surface area contributed by atoms with Gasteiger partial charge in [-0.1, -0.05) is 30.3 Å². The topological polar surface area (TPSA) is 208 Å². The van der Waals surface area contributed by atoms with Crippen LogP contribution < -0.4 is 31.8 Å². The number of sulfonamides is 2. The molecule has 0 saturated carbocycles. The van der Waals surface area contributed by atoms with Gasteiger partial charge in [0.2, 0.25) is 16.0 Å². The molecule has 47 heavy (non-hydrogen) atoms. The Morgan fingerprint density at radius 2 is 1.72 bits per heavy atom. The number of hydrogen-bond donors (Lipinski definition) is 5. The zero-order chi connectivity index (χ0) is 34.8. The summed E-state index contributed by atoms with van der Waals surface area (Å²) in [4.78, 5) is 18.0. The largest absolute Gasteiger partial charge is 0.516 e. The van der Waals surface area contributed by atoms with Crippen molar-refractivity contribution in [3.63, 3.8) is 0 Å². The Morgan fingerprint density at radius 3 is 2.34 bits per heavy atom. The molecule has 1 aliphatic rings. The molecule has 252 valence electrons. The highest BCUT2D eigenvalue weighted by atomic mass is 32.2. The molecule has 0 fully saturated rings. The molecule has 3 heterocycles. The summed E-state index contributed by atoms with van der Waals surface area (Å²) in [5, 5.41) is 14.8. The van der Waals surface area contributed by atoms with Gasteiger partial charge in [0.15, 0.2) is 11.6 Å². The number of benzene rings is 2. The molecule has 0 radical (unpaired) electrons. The summed E-state index contributed by atoms with van der Waals surface area (Å²) in [7, 11) is -9.47. The van der Waals surface area contributed by atoms with Crippen LogP contribution in [0.5, 0.6) is 0 Å². The molecule has 5 rings (SSSR count). The Balaban J connectivity index is 0.000000762. The van der Waals surface area contributed by atoms with Crippen molar-refractivity contribution in [3.05, 3.63) is 100 Å². The first kappa shape index (κ1) is 35.2. The van der Waals surface area contributed by atoms with E-state index in [1.54, 1.807) is 49.5 Å². The Labute approximate surface area is 265 Å². The number of para-hydroxylation sites is 1. The normalized spacial score (nSPS) is 17.3. The van der Waals surface area contributed by atoms with E-state index in [0.717, 1.165) is 5.56 Å². The average molecular weight is 700 g/mol. The van der Waals surface area contributed by atoms with E-state index < -0.39 is 43.4 Å². The number of hydrogen-bond acceptors (Lipinski definition) is 10. The Morgan fingerprint density at radius 1 is 1.06 bits per heavy atom. The number of halogens is 4. The molecule has 0 spiro atoms. The SMILES string of the molecule is Cc1ccn2nc(C(C)N[C@]3(N)N=CNC=C3c3cccc(NS(=O)(=O)C(F)(F)F)c3)n(-c3ccccc3)c(=O)c12.NS(=O)(=O)CF. The van der Waals surface area contributed by atoms with Gasteiger partial charge >= 0.3 is 15.5 Å². The summed E-state index contributed by atoms with van der Waals surface area (Å²) in [6.45, 7) is 3.55. The second kappa shape index (κ2) is 13.2. The molecule has 1 aliphatic heterocycles. The fourth-order valence-electron chi connectivity index (χ4n) is 4.55. The van der Waals surface area contributed by atoms with Gasteiger partial charge in [-0.2, -0.15) is 26.7 Å². The zero-order valence-corrected chi connectivity index (χ0v) is 26.2. The molecule has 0 saturated heterocycles. The third-order valence-corrected chi connectivity index (χ3v) is 8.03. The van der Waals surface area contributed by atoms with Gasteiger partial charge in [0.1, 0.15) is 5.52 Å². The number of nitrogens with zero attached hydrogens (tertiary/aromatic N) is 4. The van der Waals surface area contributed by atoms with Crippen LogP contribution in [0.2, 0.25) is 0 Å². The van der Waals surface area contributed by atoms with Gasteiger partial charge < -0.3 is 5.32 Å². The van der Waals surface area contributed by atoms with Gasteiger partial charge in [-0.05, 0) is 55.3 Å². The number of alkyl halides is 4. The zero-order valence-electron chi connectivity index (χ0n) is 24.6. The van der Waals surface area contributed by atoms with Crippen LogP contribution in [0.3, 0.4) is 0 Å². The van der Waals surface area contributed by atoms with Gasteiger partial charge in [-0.3, -0.25) is 25.1 Å². The van der Waals surface area contributed by atoms with Crippen LogP contribution in [0.4, 0.5) is 23.2 Å². The molecule has 14 nitrogen and oxygen atoms in total. The Bertz CT molecular complexity index is 2120. The van der Waals surface area contributed by atoms with E-state index in [2.05, 4.69) is 20.8 Å². The van der Waals surface area contributed by atoms with Gasteiger partial charge in [0.05, 0.1) is 18.1 Å². The second-order valence-corrected chi connectivity index (χ2v) is 13.4. The summed E-state index contributed by atoms with van der Waals surface area (Å²) >= 11 is 0. The third-order valence-electron chi connectivity index (χ3n) is 6.62. The van der Waals surface area contributed by atoms with Crippen LogP contribution in [0, 0.1) is 6.92 Å². The monoisotopic (exact) mass is 699 g/mol. The summed E-state index contributed by atoms with van der Waals surface area (Å²) < 4.78 is 96.2. The maximum Gasteiger partial charge on any atom is 0.516 e. The minimum absolute atomic E-state index is 0.281. The molecule has 2 aromatic carbocycles. The number of nitrogens with one attached hydrogen (secondary N) is 3. The number of aliphatic imine (C=N–C) groups is 1. The molecule has 20 heteroatoms. The van der Waals surface area contributed by atoms with Crippen molar-refractivity contribution in [3.8, 4) is 5.69 Å². The van der Waals surface area contributed by atoms with Crippen LogP contribution in [-0.2, 0) is 20.0 Å². The number of aromatic nitrogens is 3. The molecule has 2 aromatic heterocycles. The quantitative estimate of drug-likeness (QED) is 0.135. The number of aryl methyl sites for hydroxylation is 1. The van der Waals surface area contributed by atoms with Crippen molar-refractivity contribution < 1.29 is 34.4 Å². The molecule has 0 aliphatic carbocycles. The lowest BCUT2D eigenvalue weighted by atomic mass is 9.98. The lowest BCUT2D eigenvalue weighted by molar-refractivity contribution is -0.0429. The maximum absolute atomic E-state index is 13.7. The number of anilines is 1. The van der Waals surface area contributed by atoms with Gasteiger partial charge in [0, 0.05) is 23.7 Å². The standard InChI is InChI=1S/C26H25F3N8O3S.CH4FNO2S/c1-16-11-12-36-22(16)24(38)37(20-9-4-3-5-10-20)23(34-36)17(2)33-25(30)21(14-31-15-32-25)18-7-6-8-19(13-18)35-41(39,40)26(27,28)29;2-1-6(3,4)5/h3-15,17,33,35H,30H2,1-2H3,(H,31,32);1H2,(H2,3,4,5)/t17?,25-;/m1./s1. The van der Waals surface area contributed by atoms with Crippen LogP contribution in [0.1, 0.15) is 29.9 Å². The highest BCUT2D eigenvalue weighted by molar-refractivity contribution is 7.93. The predicted octanol–water partition coefficient (Wildman–Crippen LogP) is 2.19. The number of primary sulfonamides is 1. The Kier molecular flexibility index (Phi) is 9.92. The Hall–Kier alpha value is -4.63. The lowest BCUT2D eigenvalue weighted by Gasteiger charge is -2.34. The molecule has 7 N–H and O–H groups in total. The first-order valence-electron chi connectivity index (χ1n) is 13.4. The summed E-state index contributed by atoms with van der Waals surface area (Å²) in [6.07, 6.45) is 4.49. The molecule has 1 unspecified atom stereocenters. The highest BCUT2D eigenvalue weighted by Crippen LogP contribution is 2.32. The van der Waals surface area contributed by atoms with E-state index in [0.29, 0.717) is 17.0 Å². The number of nitrogens with two attached hydrogens (primary N) is 2. The summed E-state index contributed by atoms with van der Waals surface area (Å²) in [6, 6.07) is 13.9. The van der Waals surface area contributed by atoms with Gasteiger partial charge in [-0.15, -0.1) is 0 Å². The van der Waals surface area contributed by atoms with E-state index in [1.165, 1.54) is 44.5 Å². The molecular formula is C27H29F4N9O5S2. The van der Waals surface area contributed by atoms with Crippen molar-refractivity contribution in [2.24, 2.45) is 15.9 Å². The van der Waals surface area contributed by atoms with E-state index in [4.69, 9.17) is 10.8 Å². The van der Waals surface area contributed by atoms with Crippen LogP contribution in [0.15, 0.2) is 82.8 Å². The first-order valence-corrected chi connectivity index (χ1v) is 16.6. The van der Waals surface area contributed by atoms with Gasteiger partial charge in [-0.25, -0.2) is 27.5 Å². The van der Waals surface area contributed by atoms with Crippen molar-refractivity contribution >= 4 is 43.2 Å². The van der Waals surface area contributed by atoms with Crippen molar-refractivity contribution in [2.45, 2.75) is 31.2 Å². The summed E-state index contributed by atoms with van der Waals surface area (Å²) in [5.41, 5.74) is 2.91. The molecule has 0 amide bonds. The van der Waals surface area contributed by atoms with Crippen molar-refractivity contribution in [2.75, 3.05) is 10.7 Å². The molecule has 4 aromatic rings. The number of fused-ring (bicyclic) bond motifs is 1. The van der Waals surface area contributed by atoms with E-state index >= 15 is 0 Å². The molecule has 0 bridgehead atoms. The van der Waals surface area contributed by atoms with Gasteiger partial charge in [0.25, 0.3) is 5.56 Å². The van der Waals surface area contributed by atoms with Crippen LogP contribution >= 0.6 is 0 Å². The second-order valence-electron chi connectivity index (χ2n) is 10.1. The van der Waals surface area contributed by atoms with E-state index in [-0.39, 0.29) is 22.4 Å². The predicted molar refractivity (Wildman–Crippen MR) is 168 cm³/mol. The fourth-order valence-corrected chi connectivity index (χ4v) is 5.11. The maximum atomic E-state index is 13.7. The van der Waals surface area contributed by atoms with E-state index in [9.17, 15) is 39.2 Å². The minimum atomic E-state index is -5.64. The first-order chi connectivity index (χ1) is 21.9. The highest BCUT2D eigenvalue weighted by Gasteiger charge is 2.46. The van der Waals surface area contributed by atoms with Crippen LogP contribution in [0.25, 0.3) is 16.8 Å². The van der Waals surface area contributed by atoms with Crippen molar-refractivity contribution in [1.82, 2.24) is 24.8 Å². The van der Waals surface area contributed by atoms with Crippen molar-refractivity contribution in [1.29, 1.82) is 0 Å². The number of rotatable bonds is 8. The fraction of sp³-hybridized carbons (Fsp3) is 0.222. The summed E-state index contributed by atoms with van der Waals surface area (Å²) in [5.74, 6) is -1.35. The molecule has 2 atom stereocenters. The van der Waals surface area contributed by atoms with E-state index in [1.807, 2.05) is 13.0 Å². The third kappa shape index (κ3) is 7.85. The smallest absolute Gasteiger partial charge is 0.352 e. The lowest BCUT2D eigenvalue weighted by Crippen LogP contribution is -2.56. The minimum Gasteiger partial charge on any atom is -0.352 e. The van der Waals surface area contributed by atoms with Crippen LogP contribution in [-0.4, -0.2) is 54.7 Å². The average Bonchev–Trinajstić information content (AvgIpc) is 3.37.